The van der Waals surface area contributed by atoms with Gasteiger partial charge in [0.1, 0.15) is 5.82 Å². The van der Waals surface area contributed by atoms with Crippen LogP contribution in [0.2, 0.25) is 0 Å². The second kappa shape index (κ2) is 4.55. The van der Waals surface area contributed by atoms with Crippen LogP contribution in [-0.4, -0.2) is 8.76 Å². The summed E-state index contributed by atoms with van der Waals surface area (Å²) < 4.78 is 33.7. The number of halogens is 1. The molecule has 2 aromatic rings. The highest BCUT2D eigenvalue weighted by Crippen LogP contribution is 2.27. The Bertz CT molecular complexity index is 540. The lowest BCUT2D eigenvalue weighted by Gasteiger charge is -2.06. The van der Waals surface area contributed by atoms with Gasteiger partial charge in [-0.3, -0.25) is 0 Å². The molecule has 0 aromatic heterocycles. The summed E-state index contributed by atoms with van der Waals surface area (Å²) in [5.41, 5.74) is 0.780. The molecule has 1 N–H and O–H groups in total. The van der Waals surface area contributed by atoms with Gasteiger partial charge in [0.25, 0.3) is 0 Å². The minimum absolute atomic E-state index is 0.215. The summed E-state index contributed by atoms with van der Waals surface area (Å²) in [6, 6.07) is 12.7. The zero-order valence-corrected chi connectivity index (χ0v) is 9.08. The highest BCUT2D eigenvalue weighted by Gasteiger charge is 2.11. The van der Waals surface area contributed by atoms with Gasteiger partial charge in [-0.2, -0.15) is 0 Å². The SMILES string of the molecule is O=S(O)c1ccccc1-c1ccccc1F. The van der Waals surface area contributed by atoms with Crippen LogP contribution in [0.3, 0.4) is 0 Å². The Kier molecular flexibility index (Phi) is 3.12. The highest BCUT2D eigenvalue weighted by atomic mass is 32.2. The maximum absolute atomic E-state index is 13.5. The third kappa shape index (κ3) is 2.03. The van der Waals surface area contributed by atoms with Gasteiger partial charge >= 0.3 is 0 Å². The molecule has 0 aliphatic rings. The molecule has 0 saturated heterocycles. The number of rotatable bonds is 2. The van der Waals surface area contributed by atoms with E-state index >= 15 is 0 Å². The molecule has 0 saturated carbocycles. The third-order valence-electron chi connectivity index (χ3n) is 2.24. The first kappa shape index (κ1) is 11.0. The van der Waals surface area contributed by atoms with Crippen molar-refractivity contribution in [3.63, 3.8) is 0 Å². The molecule has 0 spiro atoms. The van der Waals surface area contributed by atoms with Crippen LogP contribution >= 0.6 is 0 Å². The van der Waals surface area contributed by atoms with Crippen LogP contribution in [0.25, 0.3) is 11.1 Å². The molecule has 0 amide bonds. The van der Waals surface area contributed by atoms with E-state index in [1.807, 2.05) is 0 Å². The van der Waals surface area contributed by atoms with Gasteiger partial charge in [-0.1, -0.05) is 36.4 Å². The van der Waals surface area contributed by atoms with E-state index in [4.69, 9.17) is 4.55 Å². The van der Waals surface area contributed by atoms with Crippen LogP contribution in [0.15, 0.2) is 53.4 Å². The molecular formula is C12H9FO2S. The molecule has 0 fully saturated rings. The standard InChI is InChI=1S/C12H9FO2S/c13-11-7-3-1-5-9(11)10-6-2-4-8-12(10)16(14)15/h1-8H,(H,14,15). The van der Waals surface area contributed by atoms with Gasteiger partial charge in [-0.25, -0.2) is 8.60 Å². The summed E-state index contributed by atoms with van der Waals surface area (Å²) >= 11 is -2.12. The van der Waals surface area contributed by atoms with E-state index in [1.54, 1.807) is 36.4 Å². The topological polar surface area (TPSA) is 37.3 Å². The lowest BCUT2D eigenvalue weighted by atomic mass is 10.1. The molecule has 2 aromatic carbocycles. The fourth-order valence-electron chi connectivity index (χ4n) is 1.52. The fraction of sp³-hybridized carbons (Fsp3) is 0. The normalized spacial score (nSPS) is 12.4. The van der Waals surface area contributed by atoms with E-state index in [2.05, 4.69) is 0 Å². The Balaban J connectivity index is 2.65. The van der Waals surface area contributed by atoms with Crippen molar-refractivity contribution in [2.75, 3.05) is 0 Å². The maximum Gasteiger partial charge on any atom is 0.187 e. The third-order valence-corrected chi connectivity index (χ3v) is 2.97. The van der Waals surface area contributed by atoms with Gasteiger partial charge in [0.15, 0.2) is 11.1 Å². The van der Waals surface area contributed by atoms with Gasteiger partial charge in [0, 0.05) is 11.1 Å². The van der Waals surface area contributed by atoms with Crippen molar-refractivity contribution in [2.45, 2.75) is 4.90 Å². The van der Waals surface area contributed by atoms with Gasteiger partial charge in [0.05, 0.1) is 4.90 Å². The number of hydrogen-bond acceptors (Lipinski definition) is 1. The molecule has 2 nitrogen and oxygen atoms in total. The largest absolute Gasteiger partial charge is 0.302 e. The Hall–Kier alpha value is -1.52. The van der Waals surface area contributed by atoms with Gasteiger partial charge in [-0.05, 0) is 12.1 Å². The summed E-state index contributed by atoms with van der Waals surface area (Å²) in [5.74, 6) is -0.402. The van der Waals surface area contributed by atoms with Gasteiger partial charge in [-0.15, -0.1) is 0 Å². The predicted molar refractivity (Wildman–Crippen MR) is 60.9 cm³/mol. The molecule has 0 bridgehead atoms. The summed E-state index contributed by atoms with van der Waals surface area (Å²) in [4.78, 5) is 0.215. The first-order valence-electron chi connectivity index (χ1n) is 4.65. The van der Waals surface area contributed by atoms with E-state index in [0.717, 1.165) is 0 Å². The van der Waals surface area contributed by atoms with Crippen molar-refractivity contribution in [3.05, 3.63) is 54.3 Å². The average Bonchev–Trinajstić information content (AvgIpc) is 2.29. The van der Waals surface area contributed by atoms with Crippen molar-refractivity contribution in [2.24, 2.45) is 0 Å². The van der Waals surface area contributed by atoms with Crippen molar-refractivity contribution in [1.29, 1.82) is 0 Å². The molecule has 0 aliphatic carbocycles. The molecule has 2 rings (SSSR count). The second-order valence-electron chi connectivity index (χ2n) is 3.23. The van der Waals surface area contributed by atoms with Crippen molar-refractivity contribution >= 4 is 11.1 Å². The van der Waals surface area contributed by atoms with E-state index in [0.29, 0.717) is 11.1 Å². The molecule has 16 heavy (non-hydrogen) atoms. The van der Waals surface area contributed by atoms with Gasteiger partial charge < -0.3 is 4.55 Å². The number of benzene rings is 2. The van der Waals surface area contributed by atoms with E-state index in [1.165, 1.54) is 12.1 Å². The first-order valence-corrected chi connectivity index (χ1v) is 5.75. The monoisotopic (exact) mass is 236 g/mol. The van der Waals surface area contributed by atoms with Gasteiger partial charge in [0.2, 0.25) is 0 Å². The lowest BCUT2D eigenvalue weighted by molar-refractivity contribution is 0.564. The summed E-state index contributed by atoms with van der Waals surface area (Å²) in [5, 5.41) is 0. The molecular weight excluding hydrogens is 227 g/mol. The Morgan fingerprint density at radius 1 is 0.938 bits per heavy atom. The molecule has 1 unspecified atom stereocenters. The summed E-state index contributed by atoms with van der Waals surface area (Å²) in [6.07, 6.45) is 0. The summed E-state index contributed by atoms with van der Waals surface area (Å²) in [6.45, 7) is 0. The molecule has 82 valence electrons. The molecule has 4 heteroatoms. The van der Waals surface area contributed by atoms with E-state index < -0.39 is 16.9 Å². The first-order chi connectivity index (χ1) is 7.70. The molecule has 0 radical (unpaired) electrons. The van der Waals surface area contributed by atoms with Crippen molar-refractivity contribution in [3.8, 4) is 11.1 Å². The molecule has 1 atom stereocenters. The summed E-state index contributed by atoms with van der Waals surface area (Å²) in [7, 11) is 0. The highest BCUT2D eigenvalue weighted by molar-refractivity contribution is 7.79. The molecule has 0 aliphatic heterocycles. The van der Waals surface area contributed by atoms with E-state index in [9.17, 15) is 8.60 Å². The maximum atomic E-state index is 13.5. The van der Waals surface area contributed by atoms with Crippen LogP contribution in [0.5, 0.6) is 0 Å². The Morgan fingerprint density at radius 3 is 2.12 bits per heavy atom. The van der Waals surface area contributed by atoms with Crippen molar-refractivity contribution in [1.82, 2.24) is 0 Å². The predicted octanol–water partition coefficient (Wildman–Crippen LogP) is 3.07. The average molecular weight is 236 g/mol. The van der Waals surface area contributed by atoms with Crippen LogP contribution in [0, 0.1) is 5.82 Å². The fourth-order valence-corrected chi connectivity index (χ4v) is 2.08. The van der Waals surface area contributed by atoms with E-state index in [-0.39, 0.29) is 4.90 Å². The van der Waals surface area contributed by atoms with Crippen LogP contribution in [0.1, 0.15) is 0 Å². The van der Waals surface area contributed by atoms with Crippen molar-refractivity contribution < 1.29 is 13.2 Å². The second-order valence-corrected chi connectivity index (χ2v) is 4.16. The van der Waals surface area contributed by atoms with Crippen LogP contribution in [0.4, 0.5) is 4.39 Å². The lowest BCUT2D eigenvalue weighted by Crippen LogP contribution is -1.93. The zero-order chi connectivity index (χ0) is 11.5. The minimum atomic E-state index is -2.12. The molecule has 0 heterocycles. The Labute approximate surface area is 95.0 Å². The number of hydrogen-bond donors (Lipinski definition) is 1. The minimum Gasteiger partial charge on any atom is -0.302 e. The van der Waals surface area contributed by atoms with Crippen LogP contribution < -0.4 is 0 Å². The van der Waals surface area contributed by atoms with Crippen LogP contribution in [-0.2, 0) is 11.1 Å². The zero-order valence-electron chi connectivity index (χ0n) is 8.26. The quantitative estimate of drug-likeness (QED) is 0.813. The Morgan fingerprint density at radius 2 is 1.50 bits per heavy atom. The smallest absolute Gasteiger partial charge is 0.187 e.